The van der Waals surface area contributed by atoms with Crippen LogP contribution in [0, 0.1) is 5.41 Å². The van der Waals surface area contributed by atoms with E-state index >= 15 is 0 Å². The molecule has 1 N–H and O–H groups in total. The fraction of sp³-hybridized carbons (Fsp3) is 0.867. The second kappa shape index (κ2) is 5.11. The van der Waals surface area contributed by atoms with Crippen LogP contribution in [0.5, 0.6) is 0 Å². The van der Waals surface area contributed by atoms with Gasteiger partial charge in [0.2, 0.25) is 11.8 Å². The highest BCUT2D eigenvalue weighted by molar-refractivity contribution is 6.00. The van der Waals surface area contributed by atoms with E-state index < -0.39 is 0 Å². The second-order valence-electron chi connectivity index (χ2n) is 6.37. The highest BCUT2D eigenvalue weighted by Crippen LogP contribution is 2.57. The lowest BCUT2D eigenvalue weighted by molar-refractivity contribution is -0.177. The van der Waals surface area contributed by atoms with Crippen molar-refractivity contribution in [2.45, 2.75) is 63.6 Å². The van der Waals surface area contributed by atoms with Crippen LogP contribution in [0.3, 0.4) is 0 Å². The minimum absolute atomic E-state index is 0.0628. The van der Waals surface area contributed by atoms with Crippen molar-refractivity contribution in [3.8, 4) is 0 Å². The Bertz CT molecular complexity index is 419. The van der Waals surface area contributed by atoms with Crippen LogP contribution in [0.1, 0.15) is 45.4 Å². The number of piperidine rings is 1. The molecule has 1 spiro atoms. The minimum Gasteiger partial charge on any atom is -0.378 e. The van der Waals surface area contributed by atoms with Gasteiger partial charge < -0.3 is 10.1 Å². The van der Waals surface area contributed by atoms with Gasteiger partial charge in [-0.15, -0.1) is 0 Å². The predicted octanol–water partition coefficient (Wildman–Crippen LogP) is 1.07. The third kappa shape index (κ3) is 1.99. The van der Waals surface area contributed by atoms with Gasteiger partial charge in [0.05, 0.1) is 12.1 Å². The third-order valence-electron chi connectivity index (χ3n) is 5.49. The van der Waals surface area contributed by atoms with Crippen LogP contribution in [0.2, 0.25) is 0 Å². The molecule has 20 heavy (non-hydrogen) atoms. The molecule has 2 aliphatic carbocycles. The Kier molecular flexibility index (Phi) is 3.58. The van der Waals surface area contributed by atoms with Crippen LogP contribution >= 0.6 is 0 Å². The Hall–Kier alpha value is -0.940. The zero-order valence-electron chi connectivity index (χ0n) is 12.4. The largest absolute Gasteiger partial charge is 0.378 e. The highest BCUT2D eigenvalue weighted by atomic mass is 16.5. The van der Waals surface area contributed by atoms with Crippen molar-refractivity contribution in [1.29, 1.82) is 0 Å². The van der Waals surface area contributed by atoms with Gasteiger partial charge in [-0.3, -0.25) is 14.5 Å². The van der Waals surface area contributed by atoms with Gasteiger partial charge in [0.15, 0.2) is 0 Å². The Balaban J connectivity index is 1.62. The van der Waals surface area contributed by atoms with E-state index in [0.29, 0.717) is 25.0 Å². The molecule has 5 nitrogen and oxygen atoms in total. The maximum atomic E-state index is 12.1. The SMILES string of the molecule is CCOC1CC(NC2CCC(=O)N(C)C2=O)C12CCC2. The van der Waals surface area contributed by atoms with Crippen molar-refractivity contribution in [3.05, 3.63) is 0 Å². The third-order valence-corrected chi connectivity index (χ3v) is 5.49. The number of imide groups is 1. The lowest BCUT2D eigenvalue weighted by Crippen LogP contribution is -2.69. The first kappa shape index (κ1) is 14.0. The fourth-order valence-corrected chi connectivity index (χ4v) is 3.99. The Morgan fingerprint density at radius 1 is 1.40 bits per heavy atom. The lowest BCUT2D eigenvalue weighted by atomic mass is 9.51. The summed E-state index contributed by atoms with van der Waals surface area (Å²) >= 11 is 0. The van der Waals surface area contributed by atoms with Crippen LogP contribution < -0.4 is 5.32 Å². The van der Waals surface area contributed by atoms with E-state index in [1.165, 1.54) is 24.2 Å². The van der Waals surface area contributed by atoms with Gasteiger partial charge in [-0.1, -0.05) is 6.42 Å². The number of likely N-dealkylation sites (tertiary alicyclic amines) is 1. The van der Waals surface area contributed by atoms with E-state index in [-0.39, 0.29) is 23.3 Å². The van der Waals surface area contributed by atoms with Gasteiger partial charge in [-0.05, 0) is 32.6 Å². The van der Waals surface area contributed by atoms with Crippen LogP contribution in [0.15, 0.2) is 0 Å². The zero-order chi connectivity index (χ0) is 14.3. The molecule has 3 aliphatic rings. The number of rotatable bonds is 4. The first-order valence-corrected chi connectivity index (χ1v) is 7.76. The molecule has 0 aromatic heterocycles. The van der Waals surface area contributed by atoms with E-state index in [4.69, 9.17) is 4.74 Å². The maximum Gasteiger partial charge on any atom is 0.246 e. The normalized spacial score (nSPS) is 35.9. The Morgan fingerprint density at radius 2 is 2.15 bits per heavy atom. The van der Waals surface area contributed by atoms with E-state index in [1.54, 1.807) is 7.05 Å². The van der Waals surface area contributed by atoms with Gasteiger partial charge in [0.1, 0.15) is 0 Å². The number of ether oxygens (including phenoxy) is 1. The molecule has 1 aliphatic heterocycles. The monoisotopic (exact) mass is 280 g/mol. The minimum atomic E-state index is -0.192. The number of carbonyl (C=O) groups is 2. The molecule has 3 fully saturated rings. The molecule has 2 amide bonds. The summed E-state index contributed by atoms with van der Waals surface area (Å²) in [5.41, 5.74) is 0.260. The van der Waals surface area contributed by atoms with Crippen molar-refractivity contribution >= 4 is 11.8 Å². The Labute approximate surface area is 120 Å². The molecular weight excluding hydrogens is 256 g/mol. The van der Waals surface area contributed by atoms with Crippen molar-refractivity contribution in [2.24, 2.45) is 5.41 Å². The molecule has 112 valence electrons. The average molecular weight is 280 g/mol. The van der Waals surface area contributed by atoms with Gasteiger partial charge in [-0.25, -0.2) is 0 Å². The van der Waals surface area contributed by atoms with Gasteiger partial charge >= 0.3 is 0 Å². The first-order valence-electron chi connectivity index (χ1n) is 7.76. The van der Waals surface area contributed by atoms with E-state index in [0.717, 1.165) is 13.0 Å². The lowest BCUT2D eigenvalue weighted by Gasteiger charge is -2.61. The number of nitrogens with one attached hydrogen (secondary N) is 1. The molecule has 2 saturated carbocycles. The average Bonchev–Trinajstić information content (AvgIpc) is 2.35. The van der Waals surface area contributed by atoms with Crippen LogP contribution in [0.25, 0.3) is 0 Å². The number of amides is 2. The maximum absolute atomic E-state index is 12.1. The van der Waals surface area contributed by atoms with Crippen LogP contribution in [-0.2, 0) is 14.3 Å². The molecule has 0 radical (unpaired) electrons. The van der Waals surface area contributed by atoms with E-state index in [9.17, 15) is 9.59 Å². The van der Waals surface area contributed by atoms with Gasteiger partial charge in [0.25, 0.3) is 0 Å². The summed E-state index contributed by atoms with van der Waals surface area (Å²) in [4.78, 5) is 24.9. The predicted molar refractivity (Wildman–Crippen MR) is 74.0 cm³/mol. The van der Waals surface area contributed by atoms with Crippen molar-refractivity contribution < 1.29 is 14.3 Å². The molecule has 3 atom stereocenters. The van der Waals surface area contributed by atoms with Crippen LogP contribution in [0.4, 0.5) is 0 Å². The molecule has 3 unspecified atom stereocenters. The smallest absolute Gasteiger partial charge is 0.246 e. The Morgan fingerprint density at radius 3 is 2.75 bits per heavy atom. The first-order chi connectivity index (χ1) is 9.58. The fourth-order valence-electron chi connectivity index (χ4n) is 3.99. The molecule has 5 heteroatoms. The number of hydrogen-bond acceptors (Lipinski definition) is 4. The number of likely N-dealkylation sites (N-methyl/N-ethyl adjacent to an activating group) is 1. The second-order valence-corrected chi connectivity index (χ2v) is 6.37. The summed E-state index contributed by atoms with van der Waals surface area (Å²) in [5.74, 6) is -0.136. The topological polar surface area (TPSA) is 58.6 Å². The highest BCUT2D eigenvalue weighted by Gasteiger charge is 2.59. The summed E-state index contributed by atoms with van der Waals surface area (Å²) in [5, 5.41) is 3.51. The van der Waals surface area contributed by atoms with Crippen molar-refractivity contribution in [1.82, 2.24) is 10.2 Å². The zero-order valence-corrected chi connectivity index (χ0v) is 12.4. The molecule has 1 heterocycles. The molecule has 3 rings (SSSR count). The summed E-state index contributed by atoms with van der Waals surface area (Å²) < 4.78 is 5.83. The quantitative estimate of drug-likeness (QED) is 0.783. The molecule has 0 bridgehead atoms. The van der Waals surface area contributed by atoms with Crippen molar-refractivity contribution in [2.75, 3.05) is 13.7 Å². The van der Waals surface area contributed by atoms with E-state index in [2.05, 4.69) is 5.32 Å². The van der Waals surface area contributed by atoms with Gasteiger partial charge in [-0.2, -0.15) is 0 Å². The number of nitrogens with zero attached hydrogens (tertiary/aromatic N) is 1. The number of carbonyl (C=O) groups excluding carboxylic acids is 2. The summed E-state index contributed by atoms with van der Waals surface area (Å²) in [6, 6.07) is 0.186. The van der Waals surface area contributed by atoms with E-state index in [1.807, 2.05) is 6.92 Å². The van der Waals surface area contributed by atoms with Gasteiger partial charge in [0, 0.05) is 31.5 Å². The summed E-state index contributed by atoms with van der Waals surface area (Å²) in [7, 11) is 1.58. The molecule has 0 aromatic rings. The summed E-state index contributed by atoms with van der Waals surface area (Å²) in [6.07, 6.45) is 6.11. The molecule has 0 aromatic carbocycles. The number of hydrogen-bond donors (Lipinski definition) is 1. The standard InChI is InChI=1S/C15H24N2O3/c1-3-20-12-9-11(15(12)7-4-8-15)16-10-5-6-13(18)17(2)14(10)19/h10-12,16H,3-9H2,1-2H3. The molecule has 1 saturated heterocycles. The summed E-state index contributed by atoms with van der Waals surface area (Å²) in [6.45, 7) is 2.80. The molecular formula is C15H24N2O3. The van der Waals surface area contributed by atoms with Crippen molar-refractivity contribution in [3.63, 3.8) is 0 Å². The van der Waals surface area contributed by atoms with Crippen LogP contribution in [-0.4, -0.2) is 48.6 Å².